The van der Waals surface area contributed by atoms with Gasteiger partial charge in [-0.25, -0.2) is 4.39 Å². The van der Waals surface area contributed by atoms with Crippen molar-refractivity contribution >= 4 is 34.8 Å². The van der Waals surface area contributed by atoms with Gasteiger partial charge in [0.05, 0.1) is 0 Å². The molecule has 0 saturated heterocycles. The molecule has 1 rings (SSSR count). The minimum absolute atomic E-state index is 0.302. The normalized spacial score (nSPS) is 11.3. The molecule has 0 aliphatic heterocycles. The highest BCUT2D eigenvalue weighted by molar-refractivity contribution is 6.66. The zero-order valence-corrected chi connectivity index (χ0v) is 8.00. The largest absolute Gasteiger partial charge is 0.446 e. The molecule has 12 heavy (non-hydrogen) atoms. The van der Waals surface area contributed by atoms with Gasteiger partial charge in [-0.1, -0.05) is 0 Å². The molecule has 0 spiro atoms. The lowest BCUT2D eigenvalue weighted by Crippen LogP contribution is -2.12. The van der Waals surface area contributed by atoms with Crippen molar-refractivity contribution in [2.75, 3.05) is 0 Å². The van der Waals surface area contributed by atoms with E-state index < -0.39 is 3.98 Å². The summed E-state index contributed by atoms with van der Waals surface area (Å²) in [5.74, 6) is -0.0666. The highest BCUT2D eigenvalue weighted by atomic mass is 35.6. The SMILES string of the molecule is Fc1ccc(OC(Cl)(Cl)Cl)cc1. The number of halogens is 4. The summed E-state index contributed by atoms with van der Waals surface area (Å²) in [5.41, 5.74) is 0. The maximum Gasteiger partial charge on any atom is 0.338 e. The lowest BCUT2D eigenvalue weighted by atomic mass is 10.3. The molecule has 66 valence electrons. The van der Waals surface area contributed by atoms with E-state index in [1.807, 2.05) is 0 Å². The summed E-state index contributed by atoms with van der Waals surface area (Å²) in [6.07, 6.45) is 0. The van der Waals surface area contributed by atoms with Crippen LogP contribution in [-0.2, 0) is 0 Å². The van der Waals surface area contributed by atoms with Gasteiger partial charge in [0.2, 0.25) is 0 Å². The van der Waals surface area contributed by atoms with Gasteiger partial charge >= 0.3 is 3.98 Å². The van der Waals surface area contributed by atoms with Gasteiger partial charge in [-0.3, -0.25) is 0 Å². The third-order valence-electron chi connectivity index (χ3n) is 1.05. The molecule has 5 heteroatoms. The average molecular weight is 229 g/mol. The first-order valence-corrected chi connectivity index (χ1v) is 4.12. The van der Waals surface area contributed by atoms with Crippen molar-refractivity contribution in [3.63, 3.8) is 0 Å². The minimum atomic E-state index is -1.81. The standard InChI is InChI=1S/C7H4Cl3FO/c8-7(9,10)12-6-3-1-5(11)2-4-6/h1-4H. The Balaban J connectivity index is 2.71. The predicted octanol–water partition coefficient (Wildman–Crippen LogP) is 3.53. The molecular weight excluding hydrogens is 225 g/mol. The van der Waals surface area contributed by atoms with Crippen molar-refractivity contribution in [1.82, 2.24) is 0 Å². The van der Waals surface area contributed by atoms with Gasteiger partial charge in [0.1, 0.15) is 11.6 Å². The van der Waals surface area contributed by atoms with Gasteiger partial charge in [-0.15, -0.1) is 0 Å². The quantitative estimate of drug-likeness (QED) is 0.669. The third-order valence-corrected chi connectivity index (χ3v) is 1.28. The molecule has 0 heterocycles. The van der Waals surface area contributed by atoms with Crippen LogP contribution in [0.4, 0.5) is 4.39 Å². The topological polar surface area (TPSA) is 9.23 Å². The second kappa shape index (κ2) is 3.69. The molecule has 1 nitrogen and oxygen atoms in total. The Hall–Kier alpha value is -0.180. The van der Waals surface area contributed by atoms with Crippen molar-refractivity contribution in [3.8, 4) is 5.75 Å². The van der Waals surface area contributed by atoms with E-state index in [2.05, 4.69) is 0 Å². The second-order valence-corrected chi connectivity index (χ2v) is 4.18. The first-order chi connectivity index (χ1) is 5.47. The van der Waals surface area contributed by atoms with E-state index in [-0.39, 0.29) is 5.82 Å². The van der Waals surface area contributed by atoms with Crippen molar-refractivity contribution in [2.24, 2.45) is 0 Å². The highest BCUT2D eigenvalue weighted by Crippen LogP contribution is 2.29. The predicted molar refractivity (Wildman–Crippen MR) is 47.3 cm³/mol. The maximum absolute atomic E-state index is 12.4. The number of hydrogen-bond donors (Lipinski definition) is 0. The molecule has 0 unspecified atom stereocenters. The fraction of sp³-hybridized carbons (Fsp3) is 0.143. The Morgan fingerprint density at radius 1 is 1.08 bits per heavy atom. The first kappa shape index (κ1) is 9.90. The van der Waals surface area contributed by atoms with Crippen molar-refractivity contribution in [3.05, 3.63) is 30.1 Å². The van der Waals surface area contributed by atoms with Crippen LogP contribution in [0.2, 0.25) is 0 Å². The number of alkyl halides is 3. The molecule has 0 aliphatic carbocycles. The number of benzene rings is 1. The summed E-state index contributed by atoms with van der Waals surface area (Å²) in [7, 11) is 0. The van der Waals surface area contributed by atoms with Crippen molar-refractivity contribution in [1.29, 1.82) is 0 Å². The fourth-order valence-electron chi connectivity index (χ4n) is 0.636. The monoisotopic (exact) mass is 228 g/mol. The molecule has 0 aromatic heterocycles. The molecule has 0 fully saturated rings. The average Bonchev–Trinajstić information content (AvgIpc) is 1.91. The van der Waals surface area contributed by atoms with Crippen LogP contribution in [0.1, 0.15) is 0 Å². The first-order valence-electron chi connectivity index (χ1n) is 2.99. The number of hydrogen-bond acceptors (Lipinski definition) is 1. The zero-order chi connectivity index (χ0) is 9.19. The number of ether oxygens (including phenoxy) is 1. The molecule has 0 aliphatic rings. The van der Waals surface area contributed by atoms with E-state index >= 15 is 0 Å². The van der Waals surface area contributed by atoms with Crippen LogP contribution >= 0.6 is 34.8 Å². The van der Waals surface area contributed by atoms with E-state index in [4.69, 9.17) is 39.5 Å². The van der Waals surface area contributed by atoms with E-state index in [9.17, 15) is 4.39 Å². The van der Waals surface area contributed by atoms with Gasteiger partial charge in [0, 0.05) is 0 Å². The van der Waals surface area contributed by atoms with Crippen LogP contribution in [0.3, 0.4) is 0 Å². The summed E-state index contributed by atoms with van der Waals surface area (Å²) in [5, 5.41) is 0. The van der Waals surface area contributed by atoms with Crippen LogP contribution < -0.4 is 4.74 Å². The minimum Gasteiger partial charge on any atom is -0.446 e. The molecular formula is C7H4Cl3FO. The fourth-order valence-corrected chi connectivity index (χ4v) is 0.904. The Kier molecular flexibility index (Phi) is 3.04. The van der Waals surface area contributed by atoms with Crippen molar-refractivity contribution < 1.29 is 9.13 Å². The van der Waals surface area contributed by atoms with Crippen LogP contribution in [-0.4, -0.2) is 3.98 Å². The van der Waals surface area contributed by atoms with Crippen molar-refractivity contribution in [2.45, 2.75) is 3.98 Å². The second-order valence-electron chi connectivity index (χ2n) is 2.00. The molecule has 0 radical (unpaired) electrons. The van der Waals surface area contributed by atoms with Gasteiger partial charge in [-0.05, 0) is 59.1 Å². The molecule has 1 aromatic rings. The Labute approximate surface area is 84.0 Å². The van der Waals surface area contributed by atoms with E-state index in [1.165, 1.54) is 24.3 Å². The summed E-state index contributed by atoms with van der Waals surface area (Å²) in [6.45, 7) is 0. The lowest BCUT2D eigenvalue weighted by Gasteiger charge is -2.12. The highest BCUT2D eigenvalue weighted by Gasteiger charge is 2.21. The molecule has 0 atom stereocenters. The van der Waals surface area contributed by atoms with Crippen LogP contribution in [0.25, 0.3) is 0 Å². The zero-order valence-electron chi connectivity index (χ0n) is 5.73. The van der Waals surface area contributed by atoms with Crippen LogP contribution in [0.5, 0.6) is 5.75 Å². The Bertz CT molecular complexity index is 254. The van der Waals surface area contributed by atoms with Gasteiger partial charge in [0.25, 0.3) is 0 Å². The Morgan fingerprint density at radius 3 is 2.00 bits per heavy atom. The maximum atomic E-state index is 12.4. The molecule has 0 N–H and O–H groups in total. The van der Waals surface area contributed by atoms with Crippen LogP contribution in [0, 0.1) is 5.82 Å². The van der Waals surface area contributed by atoms with E-state index in [1.54, 1.807) is 0 Å². The number of rotatable bonds is 1. The molecule has 0 bridgehead atoms. The van der Waals surface area contributed by atoms with E-state index in [0.29, 0.717) is 5.75 Å². The summed E-state index contributed by atoms with van der Waals surface area (Å²) >= 11 is 16.0. The smallest absolute Gasteiger partial charge is 0.338 e. The van der Waals surface area contributed by atoms with E-state index in [0.717, 1.165) is 0 Å². The summed E-state index contributed by atoms with van der Waals surface area (Å²) in [6, 6.07) is 5.17. The summed E-state index contributed by atoms with van der Waals surface area (Å²) < 4.78 is 15.3. The molecule has 1 aromatic carbocycles. The molecule has 0 amide bonds. The molecule has 0 saturated carbocycles. The summed E-state index contributed by atoms with van der Waals surface area (Å²) in [4.78, 5) is 0. The van der Waals surface area contributed by atoms with Gasteiger partial charge in [-0.2, -0.15) is 0 Å². The van der Waals surface area contributed by atoms with Crippen LogP contribution in [0.15, 0.2) is 24.3 Å². The van der Waals surface area contributed by atoms with Gasteiger partial charge < -0.3 is 4.74 Å². The Morgan fingerprint density at radius 2 is 1.58 bits per heavy atom. The third kappa shape index (κ3) is 3.48. The lowest BCUT2D eigenvalue weighted by molar-refractivity contribution is 0.320. The van der Waals surface area contributed by atoms with Gasteiger partial charge in [0.15, 0.2) is 0 Å².